The van der Waals surface area contributed by atoms with Crippen LogP contribution in [0.25, 0.3) is 27.4 Å². The number of amides is 3. The van der Waals surface area contributed by atoms with Crippen molar-refractivity contribution in [3.63, 3.8) is 0 Å². The van der Waals surface area contributed by atoms with Crippen molar-refractivity contribution in [1.29, 1.82) is 0 Å². The Morgan fingerprint density at radius 2 is 1.80 bits per heavy atom. The highest BCUT2D eigenvalue weighted by Crippen LogP contribution is 2.33. The van der Waals surface area contributed by atoms with Gasteiger partial charge in [0.1, 0.15) is 6.04 Å². The molecule has 6 N–H and O–H groups in total. The number of carbonyl (C=O) groups excluding carboxylic acids is 3. The summed E-state index contributed by atoms with van der Waals surface area (Å²) in [4.78, 5) is 53.9. The minimum absolute atomic E-state index is 0.0933. The first-order valence-corrected chi connectivity index (χ1v) is 23.8. The number of para-hydroxylation sites is 1. The lowest BCUT2D eigenvalue weighted by atomic mass is 9.85. The number of hydrazine groups is 1. The molecule has 13 heteroatoms. The second kappa shape index (κ2) is 21.2. The minimum atomic E-state index is -0.781. The number of nitrogens with zero attached hydrogens (tertiary/aromatic N) is 3. The highest BCUT2D eigenvalue weighted by molar-refractivity contribution is 7.13. The molecule has 5 aromatic rings. The van der Waals surface area contributed by atoms with E-state index in [1.165, 1.54) is 16.5 Å². The van der Waals surface area contributed by atoms with Gasteiger partial charge < -0.3 is 25.6 Å². The summed E-state index contributed by atoms with van der Waals surface area (Å²) >= 11 is 1.61. The zero-order valence-electron chi connectivity index (χ0n) is 38.2. The SMILES string of the molecule is CCCNNC(=O)/C=C/c1ccc(CN(CCc2c[nH]c3ccccc23)C2CCC(N[C@H](C(=O)N3C[C@H](O)C[C@H]3C(=O)N[C@H](C)c3ccc(-c4scnc4C)cc3)C(C)(C)C)C2)cc1. The monoisotopic (exact) mass is 886 g/mol. The molecule has 2 fully saturated rings. The van der Waals surface area contributed by atoms with Crippen LogP contribution < -0.4 is 21.5 Å². The first kappa shape index (κ1) is 46.8. The van der Waals surface area contributed by atoms with Crippen LogP contribution in [0.5, 0.6) is 0 Å². The number of aliphatic hydroxyl groups is 1. The first-order valence-electron chi connectivity index (χ1n) is 22.9. The molecule has 0 radical (unpaired) electrons. The molecule has 0 spiro atoms. The zero-order valence-corrected chi connectivity index (χ0v) is 39.0. The van der Waals surface area contributed by atoms with Crippen molar-refractivity contribution in [3.8, 4) is 10.4 Å². The molecular weight excluding hydrogens is 821 g/mol. The van der Waals surface area contributed by atoms with Crippen LogP contribution in [0.3, 0.4) is 0 Å². The van der Waals surface area contributed by atoms with E-state index in [0.29, 0.717) is 6.54 Å². The van der Waals surface area contributed by atoms with Gasteiger partial charge in [0, 0.05) is 67.9 Å². The fourth-order valence-electron chi connectivity index (χ4n) is 9.19. The van der Waals surface area contributed by atoms with Crippen LogP contribution in [0.15, 0.2) is 90.6 Å². The zero-order chi connectivity index (χ0) is 45.4. The van der Waals surface area contributed by atoms with Crippen LogP contribution >= 0.6 is 11.3 Å². The van der Waals surface area contributed by atoms with Crippen molar-refractivity contribution in [2.75, 3.05) is 19.6 Å². The van der Waals surface area contributed by atoms with E-state index in [1.807, 2.05) is 44.5 Å². The number of hydrogen-bond donors (Lipinski definition) is 6. The normalized spacial score (nSPS) is 20.0. The van der Waals surface area contributed by atoms with Crippen molar-refractivity contribution >= 4 is 46.0 Å². The fraction of sp³-hybridized carbons (Fsp3) is 0.451. The average molecular weight is 887 g/mol. The number of carbonyl (C=O) groups is 3. The number of nitrogens with one attached hydrogen (secondary N) is 5. The Labute approximate surface area is 382 Å². The quantitative estimate of drug-likeness (QED) is 0.0302. The molecule has 1 saturated heterocycles. The molecule has 6 atom stereocenters. The highest BCUT2D eigenvalue weighted by Gasteiger charge is 2.45. The van der Waals surface area contributed by atoms with Crippen LogP contribution in [0, 0.1) is 12.3 Å². The molecule has 2 aromatic heterocycles. The molecular formula is C51H66N8O4S. The van der Waals surface area contributed by atoms with Crippen molar-refractivity contribution < 1.29 is 19.5 Å². The van der Waals surface area contributed by atoms with Crippen molar-refractivity contribution in [2.45, 2.75) is 123 Å². The van der Waals surface area contributed by atoms with Crippen LogP contribution in [0.2, 0.25) is 0 Å². The number of aromatic nitrogens is 2. The second-order valence-corrected chi connectivity index (χ2v) is 19.6. The third kappa shape index (κ3) is 11.7. The number of fused-ring (bicyclic) bond motifs is 1. The number of aromatic amines is 1. The van der Waals surface area contributed by atoms with Crippen molar-refractivity contribution in [3.05, 3.63) is 119 Å². The van der Waals surface area contributed by atoms with Gasteiger partial charge in [-0.2, -0.15) is 0 Å². The summed E-state index contributed by atoms with van der Waals surface area (Å²) in [6.07, 6.45) is 9.50. The van der Waals surface area contributed by atoms with Crippen LogP contribution in [0.4, 0.5) is 0 Å². The minimum Gasteiger partial charge on any atom is -0.391 e. The first-order chi connectivity index (χ1) is 30.8. The lowest BCUT2D eigenvalue weighted by molar-refractivity contribution is -0.142. The molecule has 1 aliphatic carbocycles. The number of aryl methyl sites for hydroxylation is 1. The standard InChI is InChI=1S/C51H66N8O4S/c1-7-25-54-57-46(61)23-16-35-12-14-36(15-13-35)30-58(26-24-39-29-52-44-11-9-8-10-43(39)44)41-22-21-40(27-41)56-48(51(4,5)6)50(63)59-31-42(60)28-45(59)49(62)55-33(2)37-17-19-38(20-18-37)47-34(3)53-32-64-47/h8-20,23,29,32-33,40-42,45,48,52,54,56,60H,7,21-22,24-28,30-31H2,1-6H3,(H,55,62)(H,57,61)/b23-16+/t33-,40?,41?,42-,45+,48-/m1/s1. The Bertz CT molecular complexity index is 2370. The largest absolute Gasteiger partial charge is 0.391 e. The predicted molar refractivity (Wildman–Crippen MR) is 257 cm³/mol. The van der Waals surface area contributed by atoms with Crippen molar-refractivity contribution in [1.82, 2.24) is 41.3 Å². The van der Waals surface area contributed by atoms with Crippen molar-refractivity contribution in [2.24, 2.45) is 5.41 Å². The van der Waals surface area contributed by atoms with E-state index in [0.717, 1.165) is 78.0 Å². The number of aliphatic hydroxyl groups excluding tert-OH is 1. The third-order valence-corrected chi connectivity index (χ3v) is 13.8. The van der Waals surface area contributed by atoms with Gasteiger partial charge in [0.25, 0.3) is 5.91 Å². The summed E-state index contributed by atoms with van der Waals surface area (Å²) in [6, 6.07) is 23.7. The number of H-pyrrole nitrogens is 1. The predicted octanol–water partition coefficient (Wildman–Crippen LogP) is 7.45. The van der Waals surface area contributed by atoms with Crippen LogP contribution in [0.1, 0.15) is 101 Å². The maximum absolute atomic E-state index is 14.7. The maximum atomic E-state index is 14.7. The lowest BCUT2D eigenvalue weighted by Gasteiger charge is -2.37. The second-order valence-electron chi connectivity index (χ2n) is 18.7. The van der Waals surface area contributed by atoms with E-state index in [2.05, 4.69) is 124 Å². The summed E-state index contributed by atoms with van der Waals surface area (Å²) in [5, 5.41) is 19.1. The molecule has 7 rings (SSSR count). The third-order valence-electron chi connectivity index (χ3n) is 12.8. The van der Waals surface area contributed by atoms with Crippen LogP contribution in [-0.2, 0) is 27.3 Å². The average Bonchev–Trinajstić information content (AvgIpc) is 4.11. The summed E-state index contributed by atoms with van der Waals surface area (Å²) in [5.74, 6) is -0.590. The number of thiazole rings is 1. The summed E-state index contributed by atoms with van der Waals surface area (Å²) in [7, 11) is 0. The molecule has 3 aromatic carbocycles. The van der Waals surface area contributed by atoms with E-state index in [1.54, 1.807) is 22.3 Å². The van der Waals surface area contributed by atoms with E-state index in [9.17, 15) is 19.5 Å². The Hall–Kier alpha value is -5.18. The van der Waals surface area contributed by atoms with Gasteiger partial charge in [0.15, 0.2) is 0 Å². The maximum Gasteiger partial charge on any atom is 0.258 e. The molecule has 2 aliphatic rings. The molecule has 1 saturated carbocycles. The summed E-state index contributed by atoms with van der Waals surface area (Å²) < 4.78 is 0. The Morgan fingerprint density at radius 3 is 2.52 bits per heavy atom. The molecule has 3 amide bonds. The molecule has 0 bridgehead atoms. The molecule has 3 heterocycles. The van der Waals surface area contributed by atoms with E-state index in [-0.39, 0.29) is 48.8 Å². The summed E-state index contributed by atoms with van der Waals surface area (Å²) in [6.45, 7) is 14.7. The Kier molecular flexibility index (Phi) is 15.5. The van der Waals surface area contributed by atoms with Gasteiger partial charge >= 0.3 is 0 Å². The number of rotatable bonds is 18. The van der Waals surface area contributed by atoms with Gasteiger partial charge in [-0.1, -0.05) is 94.4 Å². The number of β-amino-alcohol motifs (C(OH)–C–C–N with tert-alkyl or cyclic N) is 1. The number of benzene rings is 3. The lowest BCUT2D eigenvalue weighted by Crippen LogP contribution is -2.58. The van der Waals surface area contributed by atoms with Gasteiger partial charge in [0.2, 0.25) is 11.8 Å². The molecule has 1 aliphatic heterocycles. The number of hydrogen-bond acceptors (Lipinski definition) is 9. The van der Waals surface area contributed by atoms with Crippen LogP contribution in [-0.4, -0.2) is 92.5 Å². The van der Waals surface area contributed by atoms with E-state index in [4.69, 9.17) is 0 Å². The Balaban J connectivity index is 1.01. The van der Waals surface area contributed by atoms with Gasteiger partial charge in [-0.25, -0.2) is 10.4 Å². The number of likely N-dealkylation sites (tertiary alicyclic amines) is 1. The Morgan fingerprint density at radius 1 is 1.03 bits per heavy atom. The molecule has 2 unspecified atom stereocenters. The van der Waals surface area contributed by atoms with Gasteiger partial charge in [-0.3, -0.25) is 24.7 Å². The fourth-order valence-corrected chi connectivity index (χ4v) is 10.00. The highest BCUT2D eigenvalue weighted by atomic mass is 32.1. The van der Waals surface area contributed by atoms with Gasteiger partial charge in [-0.15, -0.1) is 11.3 Å². The topological polar surface area (TPSA) is 155 Å². The van der Waals surface area contributed by atoms with Gasteiger partial charge in [0.05, 0.1) is 34.3 Å². The van der Waals surface area contributed by atoms with E-state index < -0.39 is 23.6 Å². The smallest absolute Gasteiger partial charge is 0.258 e. The van der Waals surface area contributed by atoms with E-state index >= 15 is 0 Å². The molecule has 64 heavy (non-hydrogen) atoms. The summed E-state index contributed by atoms with van der Waals surface area (Å²) in [5.41, 5.74) is 14.6. The van der Waals surface area contributed by atoms with Gasteiger partial charge in [-0.05, 0) is 91.3 Å². The molecule has 340 valence electrons. The molecule has 12 nitrogen and oxygen atoms in total.